The van der Waals surface area contributed by atoms with Crippen molar-refractivity contribution >= 4 is 30.7 Å². The summed E-state index contributed by atoms with van der Waals surface area (Å²) >= 11 is 0. The predicted octanol–water partition coefficient (Wildman–Crippen LogP) is 2.44. The van der Waals surface area contributed by atoms with Gasteiger partial charge in [0, 0.05) is 28.2 Å². The van der Waals surface area contributed by atoms with Gasteiger partial charge in [-0.2, -0.15) is 0 Å². The molecule has 1 aromatic carbocycles. The van der Waals surface area contributed by atoms with Crippen molar-refractivity contribution in [3.8, 4) is 5.75 Å². The summed E-state index contributed by atoms with van der Waals surface area (Å²) in [7, 11) is 1.60. The lowest BCUT2D eigenvalue weighted by Gasteiger charge is -2.07. The fraction of sp³-hybridized carbons (Fsp3) is 0.308. The lowest BCUT2D eigenvalue weighted by atomic mass is 10.1. The number of aryl methyl sites for hydroxylation is 1. The van der Waals surface area contributed by atoms with Gasteiger partial charge in [0.2, 0.25) is 9.05 Å². The highest BCUT2D eigenvalue weighted by Crippen LogP contribution is 2.22. The molecule has 0 fully saturated rings. The molecule has 0 aliphatic rings. The lowest BCUT2D eigenvalue weighted by Crippen LogP contribution is -2.05. The van der Waals surface area contributed by atoms with Crippen LogP contribution in [0.5, 0.6) is 5.75 Å². The summed E-state index contributed by atoms with van der Waals surface area (Å²) < 4.78 is 32.0. The maximum atomic E-state index is 11.3. The standard InChI is InChI=1S/C13H13ClO5S/c1-9-7-13(15)19-12-8-10(3-4-11(9)12)18-5-2-6-20(14,16)17/h3-4,7-8H,2,5-6H2,1H3. The molecule has 0 bridgehead atoms. The molecular formula is C13H13ClO5S. The number of fused-ring (bicyclic) bond motifs is 1. The quantitative estimate of drug-likeness (QED) is 0.481. The van der Waals surface area contributed by atoms with Crippen LogP contribution in [0.4, 0.5) is 0 Å². The molecule has 0 N–H and O–H groups in total. The first-order valence-electron chi connectivity index (χ1n) is 5.95. The van der Waals surface area contributed by atoms with E-state index in [2.05, 4.69) is 0 Å². The second kappa shape index (κ2) is 5.85. The van der Waals surface area contributed by atoms with Crippen LogP contribution in [0.1, 0.15) is 12.0 Å². The summed E-state index contributed by atoms with van der Waals surface area (Å²) in [4.78, 5) is 11.3. The lowest BCUT2D eigenvalue weighted by molar-refractivity contribution is 0.318. The molecule has 7 heteroatoms. The maximum Gasteiger partial charge on any atom is 0.336 e. The third-order valence-corrected chi connectivity index (χ3v) is 3.96. The van der Waals surface area contributed by atoms with Crippen molar-refractivity contribution < 1.29 is 17.6 Å². The first-order chi connectivity index (χ1) is 9.35. The fourth-order valence-electron chi connectivity index (χ4n) is 1.82. The van der Waals surface area contributed by atoms with Gasteiger partial charge in [-0.15, -0.1) is 0 Å². The van der Waals surface area contributed by atoms with Gasteiger partial charge in [0.25, 0.3) is 0 Å². The Balaban J connectivity index is 2.10. The van der Waals surface area contributed by atoms with Gasteiger partial charge in [-0.1, -0.05) is 0 Å². The molecule has 2 aromatic rings. The highest BCUT2D eigenvalue weighted by Gasteiger charge is 2.06. The minimum absolute atomic E-state index is 0.143. The second-order valence-electron chi connectivity index (χ2n) is 4.35. The van der Waals surface area contributed by atoms with Crippen molar-refractivity contribution in [3.63, 3.8) is 0 Å². The molecule has 0 aliphatic carbocycles. The molecule has 0 saturated heterocycles. The van der Waals surface area contributed by atoms with Gasteiger partial charge in [0.1, 0.15) is 11.3 Å². The summed E-state index contributed by atoms with van der Waals surface area (Å²) in [6.45, 7) is 2.04. The molecule has 1 aromatic heterocycles. The highest BCUT2D eigenvalue weighted by molar-refractivity contribution is 8.13. The van der Waals surface area contributed by atoms with Gasteiger partial charge in [0.15, 0.2) is 0 Å². The number of benzene rings is 1. The van der Waals surface area contributed by atoms with Crippen LogP contribution in [-0.2, 0) is 9.05 Å². The Hall–Kier alpha value is -1.53. The van der Waals surface area contributed by atoms with E-state index in [0.717, 1.165) is 10.9 Å². The molecule has 2 rings (SSSR count). The van der Waals surface area contributed by atoms with Crippen LogP contribution in [0, 0.1) is 6.92 Å². The molecule has 5 nitrogen and oxygen atoms in total. The SMILES string of the molecule is Cc1cc(=O)oc2cc(OCCCS(=O)(=O)Cl)ccc12. The Kier molecular flexibility index (Phi) is 4.35. The van der Waals surface area contributed by atoms with Gasteiger partial charge in [-0.3, -0.25) is 0 Å². The molecular weight excluding hydrogens is 304 g/mol. The number of rotatable bonds is 5. The molecule has 0 radical (unpaired) electrons. The van der Waals surface area contributed by atoms with E-state index in [0.29, 0.717) is 17.8 Å². The molecule has 0 amide bonds. The molecule has 108 valence electrons. The Morgan fingerprint density at radius 2 is 2.05 bits per heavy atom. The van der Waals surface area contributed by atoms with Crippen molar-refractivity contribution in [2.24, 2.45) is 0 Å². The third-order valence-electron chi connectivity index (χ3n) is 2.72. The molecule has 0 spiro atoms. The Bertz CT molecular complexity index is 779. The number of ether oxygens (including phenoxy) is 1. The van der Waals surface area contributed by atoms with Crippen LogP contribution in [0.2, 0.25) is 0 Å². The van der Waals surface area contributed by atoms with Crippen molar-refractivity contribution in [1.82, 2.24) is 0 Å². The zero-order chi connectivity index (χ0) is 14.8. The van der Waals surface area contributed by atoms with E-state index >= 15 is 0 Å². The summed E-state index contributed by atoms with van der Waals surface area (Å²) in [5.41, 5.74) is 0.855. The van der Waals surface area contributed by atoms with Crippen molar-refractivity contribution in [1.29, 1.82) is 0 Å². The van der Waals surface area contributed by atoms with E-state index in [1.165, 1.54) is 6.07 Å². The first-order valence-corrected chi connectivity index (χ1v) is 8.43. The zero-order valence-electron chi connectivity index (χ0n) is 10.8. The van der Waals surface area contributed by atoms with Crippen molar-refractivity contribution in [2.45, 2.75) is 13.3 Å². The number of hydrogen-bond donors (Lipinski definition) is 0. The van der Waals surface area contributed by atoms with Crippen LogP contribution in [0.15, 0.2) is 33.5 Å². The van der Waals surface area contributed by atoms with Crippen LogP contribution < -0.4 is 10.4 Å². The van der Waals surface area contributed by atoms with Crippen molar-refractivity contribution in [3.05, 3.63) is 40.2 Å². The van der Waals surface area contributed by atoms with E-state index < -0.39 is 14.7 Å². The van der Waals surface area contributed by atoms with Gasteiger partial charge in [-0.25, -0.2) is 13.2 Å². The molecule has 0 aliphatic heterocycles. The Morgan fingerprint density at radius 1 is 1.30 bits per heavy atom. The molecule has 20 heavy (non-hydrogen) atoms. The minimum atomic E-state index is -3.49. The van der Waals surface area contributed by atoms with Crippen LogP contribution in [0.3, 0.4) is 0 Å². The fourth-order valence-corrected chi connectivity index (χ4v) is 2.61. The summed E-state index contributed by atoms with van der Waals surface area (Å²) in [6.07, 6.45) is 0.293. The first kappa shape index (κ1) is 14.9. The van der Waals surface area contributed by atoms with Crippen LogP contribution >= 0.6 is 10.7 Å². The third kappa shape index (κ3) is 3.98. The normalized spacial score (nSPS) is 11.7. The highest BCUT2D eigenvalue weighted by atomic mass is 35.7. The molecule has 0 saturated carbocycles. The van der Waals surface area contributed by atoms with E-state index in [9.17, 15) is 13.2 Å². The number of hydrogen-bond acceptors (Lipinski definition) is 5. The van der Waals surface area contributed by atoms with E-state index in [-0.39, 0.29) is 12.4 Å². The molecule has 1 heterocycles. The van der Waals surface area contributed by atoms with Crippen molar-refractivity contribution in [2.75, 3.05) is 12.4 Å². The monoisotopic (exact) mass is 316 g/mol. The van der Waals surface area contributed by atoms with E-state index in [1.54, 1.807) is 18.2 Å². The van der Waals surface area contributed by atoms with Gasteiger partial charge in [0.05, 0.1) is 12.4 Å². The topological polar surface area (TPSA) is 73.6 Å². The Labute approximate surface area is 120 Å². The Morgan fingerprint density at radius 3 is 2.75 bits per heavy atom. The zero-order valence-corrected chi connectivity index (χ0v) is 12.3. The summed E-state index contributed by atoms with van der Waals surface area (Å²) in [5.74, 6) is 0.370. The molecule has 0 atom stereocenters. The largest absolute Gasteiger partial charge is 0.493 e. The van der Waals surface area contributed by atoms with Crippen LogP contribution in [-0.4, -0.2) is 20.8 Å². The van der Waals surface area contributed by atoms with Gasteiger partial charge >= 0.3 is 5.63 Å². The minimum Gasteiger partial charge on any atom is -0.493 e. The van der Waals surface area contributed by atoms with E-state index in [4.69, 9.17) is 19.8 Å². The summed E-state index contributed by atoms with van der Waals surface area (Å²) in [5, 5.41) is 0.834. The predicted molar refractivity (Wildman–Crippen MR) is 77.0 cm³/mol. The smallest absolute Gasteiger partial charge is 0.336 e. The average molecular weight is 317 g/mol. The van der Waals surface area contributed by atoms with Gasteiger partial charge in [-0.05, 0) is 31.0 Å². The maximum absolute atomic E-state index is 11.3. The number of halogens is 1. The van der Waals surface area contributed by atoms with E-state index in [1.807, 2.05) is 6.92 Å². The van der Waals surface area contributed by atoms with Gasteiger partial charge < -0.3 is 9.15 Å². The second-order valence-corrected chi connectivity index (χ2v) is 7.25. The molecule has 0 unspecified atom stereocenters. The average Bonchev–Trinajstić information content (AvgIpc) is 2.33. The summed E-state index contributed by atoms with van der Waals surface area (Å²) in [6, 6.07) is 6.57. The van der Waals surface area contributed by atoms with Crippen LogP contribution in [0.25, 0.3) is 11.0 Å².